The van der Waals surface area contributed by atoms with Gasteiger partial charge in [-0.3, -0.25) is 5.43 Å². The Morgan fingerprint density at radius 3 is 3.06 bits per heavy atom. The van der Waals surface area contributed by atoms with Gasteiger partial charge >= 0.3 is 0 Å². The maximum Gasteiger partial charge on any atom is 0.205 e. The highest BCUT2D eigenvalue weighted by molar-refractivity contribution is 9.08. The topological polar surface area (TPSA) is 63.3 Å². The van der Waals surface area contributed by atoms with Crippen molar-refractivity contribution in [2.75, 3.05) is 11.2 Å². The second-order valence-corrected chi connectivity index (χ2v) is 4.84. The summed E-state index contributed by atoms with van der Waals surface area (Å²) in [5.41, 5.74) is 9.92. The predicted molar refractivity (Wildman–Crippen MR) is 76.8 cm³/mol. The number of aromatic nitrogens is 1. The summed E-state index contributed by atoms with van der Waals surface area (Å²) in [5, 5.41) is 6.94. The van der Waals surface area contributed by atoms with Crippen LogP contribution in [0, 0.1) is 5.82 Å². The molecule has 1 aromatic heterocycles. The fraction of sp³-hybridized carbons (Fsp3) is 0.0909. The van der Waals surface area contributed by atoms with E-state index in [9.17, 15) is 4.39 Å². The molecule has 7 heteroatoms. The first kappa shape index (κ1) is 13.0. The van der Waals surface area contributed by atoms with E-state index in [2.05, 4.69) is 31.4 Å². The molecule has 0 saturated heterocycles. The number of thiazole rings is 1. The first-order valence-electron chi connectivity index (χ1n) is 5.03. The molecule has 0 aliphatic rings. The van der Waals surface area contributed by atoms with Crippen molar-refractivity contribution < 1.29 is 4.39 Å². The van der Waals surface area contributed by atoms with Crippen LogP contribution in [0.25, 0.3) is 0 Å². The van der Waals surface area contributed by atoms with Crippen LogP contribution in [-0.4, -0.2) is 11.2 Å². The number of nitrogen functional groups attached to an aromatic ring is 1. The molecule has 0 aliphatic heterocycles. The van der Waals surface area contributed by atoms with Crippen molar-refractivity contribution in [3.05, 3.63) is 40.5 Å². The molecule has 0 bridgehead atoms. The van der Waals surface area contributed by atoms with E-state index in [4.69, 9.17) is 5.73 Å². The summed E-state index contributed by atoms with van der Waals surface area (Å²) in [6.07, 6.45) is 1.62. The number of halogens is 2. The molecule has 0 fully saturated rings. The maximum atomic E-state index is 13.0. The molecule has 18 heavy (non-hydrogen) atoms. The number of anilines is 2. The van der Waals surface area contributed by atoms with Crippen molar-refractivity contribution in [1.29, 1.82) is 0 Å². The Hall–Kier alpha value is -1.47. The van der Waals surface area contributed by atoms with Crippen molar-refractivity contribution in [3.63, 3.8) is 0 Å². The molecule has 0 amide bonds. The minimum atomic E-state index is -0.262. The highest BCUT2D eigenvalue weighted by Gasteiger charge is 2.01. The smallest absolute Gasteiger partial charge is 0.205 e. The molecule has 0 spiro atoms. The fourth-order valence-electron chi connectivity index (χ4n) is 1.31. The van der Waals surface area contributed by atoms with Gasteiger partial charge in [-0.2, -0.15) is 5.10 Å². The lowest BCUT2D eigenvalue weighted by atomic mass is 10.1. The molecule has 2 aromatic rings. The number of nitrogens with two attached hydrogens (primary N) is 1. The van der Waals surface area contributed by atoms with Gasteiger partial charge in [0, 0.05) is 10.7 Å². The molecule has 3 N–H and O–H groups in total. The summed E-state index contributed by atoms with van der Waals surface area (Å²) in [4.78, 5) is 4.00. The van der Waals surface area contributed by atoms with Crippen molar-refractivity contribution in [3.8, 4) is 0 Å². The summed E-state index contributed by atoms with van der Waals surface area (Å²) >= 11 is 4.67. The van der Waals surface area contributed by atoms with E-state index in [-0.39, 0.29) is 5.82 Å². The third kappa shape index (κ3) is 3.27. The Bertz CT molecular complexity index is 570. The Labute approximate surface area is 116 Å². The predicted octanol–water partition coefficient (Wildman–Crippen LogP) is 3.21. The van der Waals surface area contributed by atoms with Gasteiger partial charge in [0.05, 0.1) is 6.21 Å². The number of nitrogens with one attached hydrogen (secondary N) is 1. The molecular formula is C11H10BrFN4S. The Morgan fingerprint density at radius 1 is 1.56 bits per heavy atom. The van der Waals surface area contributed by atoms with Gasteiger partial charge < -0.3 is 5.73 Å². The normalized spacial score (nSPS) is 11.0. The van der Waals surface area contributed by atoms with E-state index in [1.54, 1.807) is 17.7 Å². The van der Waals surface area contributed by atoms with Crippen LogP contribution in [0.1, 0.15) is 11.1 Å². The lowest BCUT2D eigenvalue weighted by Gasteiger charge is -2.01. The van der Waals surface area contributed by atoms with Crippen LogP contribution in [0.4, 0.5) is 15.3 Å². The van der Waals surface area contributed by atoms with E-state index in [0.29, 0.717) is 16.3 Å². The molecule has 0 aliphatic carbocycles. The van der Waals surface area contributed by atoms with Crippen LogP contribution in [0.2, 0.25) is 0 Å². The molecule has 1 aromatic carbocycles. The van der Waals surface area contributed by atoms with Gasteiger partial charge in [-0.1, -0.05) is 22.0 Å². The van der Waals surface area contributed by atoms with Crippen molar-refractivity contribution in [2.45, 2.75) is 5.33 Å². The SMILES string of the molecule is Nc1csc(NN=Cc2ccc(F)cc2CBr)n1. The summed E-state index contributed by atoms with van der Waals surface area (Å²) in [6, 6.07) is 4.54. The van der Waals surface area contributed by atoms with Crippen LogP contribution in [-0.2, 0) is 5.33 Å². The summed E-state index contributed by atoms with van der Waals surface area (Å²) < 4.78 is 13.0. The highest BCUT2D eigenvalue weighted by atomic mass is 79.9. The van der Waals surface area contributed by atoms with Gasteiger partial charge in [-0.05, 0) is 23.3 Å². The second-order valence-electron chi connectivity index (χ2n) is 3.42. The molecule has 94 valence electrons. The van der Waals surface area contributed by atoms with E-state index in [0.717, 1.165) is 11.1 Å². The average Bonchev–Trinajstić information content (AvgIpc) is 2.77. The molecule has 4 nitrogen and oxygen atoms in total. The quantitative estimate of drug-likeness (QED) is 0.514. The molecule has 0 radical (unpaired) electrons. The van der Waals surface area contributed by atoms with Crippen molar-refractivity contribution in [1.82, 2.24) is 4.98 Å². The van der Waals surface area contributed by atoms with Crippen LogP contribution >= 0.6 is 27.3 Å². The van der Waals surface area contributed by atoms with Crippen LogP contribution in [0.3, 0.4) is 0 Å². The molecule has 1 heterocycles. The number of alkyl halides is 1. The lowest BCUT2D eigenvalue weighted by Crippen LogP contribution is -1.95. The van der Waals surface area contributed by atoms with Gasteiger partial charge in [0.15, 0.2) is 0 Å². The second kappa shape index (κ2) is 5.92. The Morgan fingerprint density at radius 2 is 2.39 bits per heavy atom. The van der Waals surface area contributed by atoms with Gasteiger partial charge in [0.2, 0.25) is 5.13 Å². The van der Waals surface area contributed by atoms with Crippen LogP contribution in [0.15, 0.2) is 28.7 Å². The van der Waals surface area contributed by atoms with E-state index >= 15 is 0 Å². The van der Waals surface area contributed by atoms with Crippen LogP contribution in [0.5, 0.6) is 0 Å². The van der Waals surface area contributed by atoms with E-state index in [1.807, 2.05) is 0 Å². The molecule has 0 saturated carbocycles. The molecule has 2 rings (SSSR count). The average molecular weight is 329 g/mol. The van der Waals surface area contributed by atoms with Crippen LogP contribution < -0.4 is 11.2 Å². The molecular weight excluding hydrogens is 319 g/mol. The first-order chi connectivity index (χ1) is 8.69. The largest absolute Gasteiger partial charge is 0.383 e. The minimum Gasteiger partial charge on any atom is -0.383 e. The van der Waals surface area contributed by atoms with Gasteiger partial charge in [0.25, 0.3) is 0 Å². The third-order valence-electron chi connectivity index (χ3n) is 2.13. The maximum absolute atomic E-state index is 13.0. The van der Waals surface area contributed by atoms with Gasteiger partial charge in [-0.15, -0.1) is 11.3 Å². The molecule has 0 unspecified atom stereocenters. The number of hydrazone groups is 1. The number of rotatable bonds is 4. The standard InChI is InChI=1S/C11H10BrFN4S/c12-4-8-3-9(13)2-1-7(8)5-15-17-11-16-10(14)6-18-11/h1-3,5-6H,4,14H2,(H,16,17). The molecule has 0 atom stereocenters. The van der Waals surface area contributed by atoms with Crippen molar-refractivity contribution >= 4 is 44.4 Å². The first-order valence-corrected chi connectivity index (χ1v) is 7.03. The van der Waals surface area contributed by atoms with Gasteiger partial charge in [0.1, 0.15) is 11.6 Å². The van der Waals surface area contributed by atoms with Crippen molar-refractivity contribution in [2.24, 2.45) is 5.10 Å². The Kier molecular flexibility index (Phi) is 4.27. The zero-order valence-electron chi connectivity index (χ0n) is 9.23. The summed E-state index contributed by atoms with van der Waals surface area (Å²) in [7, 11) is 0. The minimum absolute atomic E-state index is 0.262. The highest BCUT2D eigenvalue weighted by Crippen LogP contribution is 2.16. The van der Waals surface area contributed by atoms with Gasteiger partial charge in [-0.25, -0.2) is 9.37 Å². The van der Waals surface area contributed by atoms with E-state index in [1.165, 1.54) is 23.5 Å². The summed E-state index contributed by atoms with van der Waals surface area (Å²) in [5.74, 6) is 0.197. The zero-order chi connectivity index (χ0) is 13.0. The number of benzene rings is 1. The third-order valence-corrected chi connectivity index (χ3v) is 3.50. The lowest BCUT2D eigenvalue weighted by molar-refractivity contribution is 0.626. The number of nitrogens with zero attached hydrogens (tertiary/aromatic N) is 2. The fourth-order valence-corrected chi connectivity index (χ4v) is 2.34. The van der Waals surface area contributed by atoms with E-state index < -0.39 is 0 Å². The Balaban J connectivity index is 2.09. The number of hydrogen-bond donors (Lipinski definition) is 2. The number of hydrogen-bond acceptors (Lipinski definition) is 5. The summed E-state index contributed by atoms with van der Waals surface area (Å²) in [6.45, 7) is 0. The zero-order valence-corrected chi connectivity index (χ0v) is 11.6. The monoisotopic (exact) mass is 328 g/mol.